The molecule has 2 fully saturated rings. The first-order valence-electron chi connectivity index (χ1n) is 10.0. The highest BCUT2D eigenvalue weighted by Gasteiger charge is 2.28. The maximum absolute atomic E-state index is 12.8. The number of aryl methyl sites for hydroxylation is 1. The number of carbonyl (C=O) groups excluding carboxylic acids is 1. The molecule has 152 valence electrons. The fourth-order valence-electron chi connectivity index (χ4n) is 4.17. The Balaban J connectivity index is 1.56. The lowest BCUT2D eigenvalue weighted by atomic mass is 10.00. The summed E-state index contributed by atoms with van der Waals surface area (Å²) in [5, 5.41) is 12.7. The summed E-state index contributed by atoms with van der Waals surface area (Å²) in [7, 11) is -1.84. The van der Waals surface area contributed by atoms with Crippen molar-refractivity contribution < 1.29 is 18.3 Å². The summed E-state index contributed by atoms with van der Waals surface area (Å²) in [6.45, 7) is 1.62. The Morgan fingerprint density at radius 1 is 1.22 bits per heavy atom. The molecule has 8 heteroatoms. The molecule has 1 saturated heterocycles. The van der Waals surface area contributed by atoms with E-state index in [-0.39, 0.29) is 16.9 Å². The van der Waals surface area contributed by atoms with Crippen LogP contribution in [0.4, 0.5) is 0 Å². The van der Waals surface area contributed by atoms with Crippen LogP contribution in [0.3, 0.4) is 0 Å². The average Bonchev–Trinajstić information content (AvgIpc) is 3.25. The van der Waals surface area contributed by atoms with Gasteiger partial charge < -0.3 is 15.0 Å². The van der Waals surface area contributed by atoms with Gasteiger partial charge in [0.25, 0.3) is 5.91 Å². The second kappa shape index (κ2) is 8.75. The zero-order chi connectivity index (χ0) is 19.4. The van der Waals surface area contributed by atoms with Crippen LogP contribution in [0.2, 0.25) is 0 Å². The Morgan fingerprint density at radius 2 is 1.96 bits per heavy atom. The van der Waals surface area contributed by atoms with Crippen LogP contribution in [0.15, 0.2) is 17.2 Å². The fraction of sp³-hybridized carbons (Fsp3) is 0.737. The molecule has 27 heavy (non-hydrogen) atoms. The van der Waals surface area contributed by atoms with Crippen molar-refractivity contribution in [2.75, 3.05) is 19.6 Å². The predicted octanol–water partition coefficient (Wildman–Crippen LogP) is 1.87. The predicted molar refractivity (Wildman–Crippen MR) is 103 cm³/mol. The minimum atomic E-state index is -3.53. The van der Waals surface area contributed by atoms with Crippen LogP contribution in [-0.4, -0.2) is 54.0 Å². The van der Waals surface area contributed by atoms with E-state index in [4.69, 9.17) is 0 Å². The van der Waals surface area contributed by atoms with Crippen molar-refractivity contribution in [3.63, 3.8) is 0 Å². The Kier molecular flexibility index (Phi) is 6.60. The number of nitrogens with one attached hydrogen (secondary N) is 1. The summed E-state index contributed by atoms with van der Waals surface area (Å²) in [6.07, 6.45) is 8.90. The number of nitrogens with zero attached hydrogens (tertiary/aromatic N) is 2. The van der Waals surface area contributed by atoms with Crippen LogP contribution in [0, 0.1) is 5.92 Å². The molecule has 1 aliphatic carbocycles. The number of hydrogen-bond donors (Lipinski definition) is 2. The monoisotopic (exact) mass is 397 g/mol. The van der Waals surface area contributed by atoms with Crippen LogP contribution >= 0.6 is 0 Å². The van der Waals surface area contributed by atoms with Crippen molar-refractivity contribution in [3.05, 3.63) is 18.0 Å². The summed E-state index contributed by atoms with van der Waals surface area (Å²) >= 11 is 0. The normalized spacial score (nSPS) is 24.2. The first-order chi connectivity index (χ1) is 12.9. The number of sulfonamides is 1. The molecule has 2 heterocycles. The van der Waals surface area contributed by atoms with Crippen LogP contribution in [0.1, 0.15) is 61.9 Å². The average molecular weight is 398 g/mol. The van der Waals surface area contributed by atoms with Crippen molar-refractivity contribution in [1.29, 1.82) is 0 Å². The lowest BCUT2D eigenvalue weighted by molar-refractivity contribution is 0.0941. The van der Waals surface area contributed by atoms with E-state index in [1.807, 2.05) is 0 Å². The topological polar surface area (TPSA) is 91.6 Å². The largest absolute Gasteiger partial charge is 0.393 e. The van der Waals surface area contributed by atoms with Crippen LogP contribution in [0.5, 0.6) is 0 Å². The van der Waals surface area contributed by atoms with Crippen molar-refractivity contribution in [1.82, 2.24) is 14.2 Å². The van der Waals surface area contributed by atoms with E-state index in [9.17, 15) is 18.3 Å². The highest BCUT2D eigenvalue weighted by molar-refractivity contribution is 7.89. The Hall–Kier alpha value is -1.38. The van der Waals surface area contributed by atoms with Crippen molar-refractivity contribution >= 4 is 15.9 Å². The number of rotatable bonds is 7. The van der Waals surface area contributed by atoms with E-state index < -0.39 is 10.0 Å². The van der Waals surface area contributed by atoms with Crippen LogP contribution in [0.25, 0.3) is 0 Å². The van der Waals surface area contributed by atoms with E-state index in [1.54, 1.807) is 11.6 Å². The molecule has 2 N–H and O–H groups in total. The molecule has 0 aromatic carbocycles. The lowest BCUT2D eigenvalue weighted by Crippen LogP contribution is -2.35. The van der Waals surface area contributed by atoms with Gasteiger partial charge in [-0.25, -0.2) is 8.42 Å². The van der Waals surface area contributed by atoms with Gasteiger partial charge in [0, 0.05) is 32.9 Å². The highest BCUT2D eigenvalue weighted by atomic mass is 32.2. The molecular weight excluding hydrogens is 366 g/mol. The number of aliphatic hydroxyl groups is 1. The van der Waals surface area contributed by atoms with Crippen molar-refractivity contribution in [3.8, 4) is 0 Å². The number of hydrogen-bond acceptors (Lipinski definition) is 4. The quantitative estimate of drug-likeness (QED) is 0.687. The molecule has 1 aliphatic heterocycles. The smallest absolute Gasteiger partial charge is 0.267 e. The molecule has 1 aromatic heterocycles. The van der Waals surface area contributed by atoms with E-state index in [0.29, 0.717) is 31.2 Å². The van der Waals surface area contributed by atoms with Crippen molar-refractivity contribution in [2.24, 2.45) is 13.0 Å². The molecule has 0 bridgehead atoms. The number of piperidine rings is 1. The summed E-state index contributed by atoms with van der Waals surface area (Å²) in [5.41, 5.74) is 0.353. The van der Waals surface area contributed by atoms with E-state index in [0.717, 1.165) is 51.4 Å². The maximum Gasteiger partial charge on any atom is 0.267 e. The van der Waals surface area contributed by atoms with Crippen LogP contribution < -0.4 is 5.32 Å². The molecule has 0 radical (unpaired) electrons. The fourth-order valence-corrected chi connectivity index (χ4v) is 5.76. The third kappa shape index (κ3) is 4.73. The SMILES string of the molecule is Cn1cc(S(=O)(=O)N2CCCCC2)cc1C(=O)NCCC[C@@H]1CCC[C@H]1O. The summed E-state index contributed by atoms with van der Waals surface area (Å²) in [4.78, 5) is 12.6. The molecule has 2 aliphatic rings. The number of aliphatic hydroxyl groups excluding tert-OH is 1. The maximum atomic E-state index is 12.8. The van der Waals surface area contributed by atoms with Gasteiger partial charge in [-0.05, 0) is 50.5 Å². The number of carbonyl (C=O) groups is 1. The van der Waals surface area contributed by atoms with Gasteiger partial charge in [0.1, 0.15) is 10.6 Å². The van der Waals surface area contributed by atoms with Gasteiger partial charge in [-0.2, -0.15) is 4.31 Å². The Bertz CT molecular complexity index is 753. The molecule has 0 unspecified atom stereocenters. The summed E-state index contributed by atoms with van der Waals surface area (Å²) in [6, 6.07) is 1.47. The van der Waals surface area contributed by atoms with Gasteiger partial charge in [-0.15, -0.1) is 0 Å². The molecule has 2 atom stereocenters. The van der Waals surface area contributed by atoms with Crippen LogP contribution in [-0.2, 0) is 17.1 Å². The summed E-state index contributed by atoms with van der Waals surface area (Å²) in [5.74, 6) is 0.0859. The van der Waals surface area contributed by atoms with Gasteiger partial charge >= 0.3 is 0 Å². The Morgan fingerprint density at radius 3 is 2.63 bits per heavy atom. The van der Waals surface area contributed by atoms with Gasteiger partial charge in [0.2, 0.25) is 10.0 Å². The molecule has 0 spiro atoms. The zero-order valence-corrected chi connectivity index (χ0v) is 16.9. The molecule has 1 saturated carbocycles. The van der Waals surface area contributed by atoms with Gasteiger partial charge in [0.05, 0.1) is 6.10 Å². The van der Waals surface area contributed by atoms with E-state index >= 15 is 0 Å². The molecule has 7 nitrogen and oxygen atoms in total. The van der Waals surface area contributed by atoms with E-state index in [1.165, 1.54) is 16.6 Å². The first kappa shape index (κ1) is 20.4. The third-order valence-electron chi connectivity index (χ3n) is 5.82. The minimum absolute atomic E-state index is 0.186. The highest BCUT2D eigenvalue weighted by Crippen LogP contribution is 2.29. The second-order valence-corrected chi connectivity index (χ2v) is 9.73. The van der Waals surface area contributed by atoms with Crippen molar-refractivity contribution in [2.45, 2.75) is 62.4 Å². The molecule has 3 rings (SSSR count). The first-order valence-corrected chi connectivity index (χ1v) is 11.5. The number of amides is 1. The Labute approximate surface area is 161 Å². The summed E-state index contributed by atoms with van der Waals surface area (Å²) < 4.78 is 28.6. The minimum Gasteiger partial charge on any atom is -0.393 e. The molecular formula is C19H31N3O4S. The second-order valence-electron chi connectivity index (χ2n) is 7.79. The lowest BCUT2D eigenvalue weighted by Gasteiger charge is -2.25. The standard InChI is InChI=1S/C19H31N3O4S/c1-21-14-16(27(25,26)22-11-3-2-4-12-22)13-17(21)19(24)20-10-6-8-15-7-5-9-18(15)23/h13-15,18,23H,2-12H2,1H3,(H,20,24)/t15-,18+/m0/s1. The molecule has 1 aromatic rings. The van der Waals surface area contributed by atoms with E-state index in [2.05, 4.69) is 5.32 Å². The van der Waals surface area contributed by atoms with Gasteiger partial charge in [0.15, 0.2) is 0 Å². The van der Waals surface area contributed by atoms with Gasteiger partial charge in [-0.1, -0.05) is 12.8 Å². The molecule has 1 amide bonds. The number of aromatic nitrogens is 1. The third-order valence-corrected chi connectivity index (χ3v) is 7.69. The van der Waals surface area contributed by atoms with Gasteiger partial charge in [-0.3, -0.25) is 4.79 Å². The zero-order valence-electron chi connectivity index (χ0n) is 16.1.